The number of Topliss-reactive ketones (excluding diaryl/α,β-unsaturated/α-hetero) is 2. The van der Waals surface area contributed by atoms with E-state index in [4.69, 9.17) is 5.73 Å². The molecule has 0 aliphatic heterocycles. The molecule has 3 aliphatic carbocycles. The highest BCUT2D eigenvalue weighted by Crippen LogP contribution is 2.52. The number of primary amides is 1. The van der Waals surface area contributed by atoms with Gasteiger partial charge in [-0.2, -0.15) is 0 Å². The zero-order chi connectivity index (χ0) is 27.5. The van der Waals surface area contributed by atoms with Crippen molar-refractivity contribution in [1.29, 1.82) is 0 Å². The second kappa shape index (κ2) is 8.83. The summed E-state index contributed by atoms with van der Waals surface area (Å²) in [5, 5.41) is 44.4. The third-order valence-corrected chi connectivity index (χ3v) is 7.60. The fraction of sp³-hybridized carbons (Fsp3) is 0.286. The van der Waals surface area contributed by atoms with Gasteiger partial charge in [0.05, 0.1) is 11.6 Å². The number of phenols is 1. The monoisotopic (exact) mass is 515 g/mol. The van der Waals surface area contributed by atoms with Gasteiger partial charge >= 0.3 is 0 Å². The molecular formula is C28H25N3O7. The fourth-order valence-corrected chi connectivity index (χ4v) is 5.94. The molecule has 194 valence electrons. The summed E-state index contributed by atoms with van der Waals surface area (Å²) in [5.41, 5.74) is 3.00. The fourth-order valence-electron chi connectivity index (χ4n) is 5.94. The molecule has 0 saturated carbocycles. The second-order valence-corrected chi connectivity index (χ2v) is 9.91. The highest BCUT2D eigenvalue weighted by Gasteiger charge is 2.63. The Bertz CT molecular complexity index is 1530. The van der Waals surface area contributed by atoms with Crippen molar-refractivity contribution in [1.82, 2.24) is 9.88 Å². The molecule has 1 heterocycles. The predicted octanol–water partition coefficient (Wildman–Crippen LogP) is 0.915. The van der Waals surface area contributed by atoms with Gasteiger partial charge < -0.3 is 26.2 Å². The molecule has 3 aliphatic rings. The van der Waals surface area contributed by atoms with Crippen molar-refractivity contribution in [3.63, 3.8) is 0 Å². The van der Waals surface area contributed by atoms with E-state index < -0.39 is 58.0 Å². The molecule has 1 aromatic heterocycles. The number of aliphatic hydroxyl groups excluding tert-OH is 2. The molecule has 0 spiro atoms. The summed E-state index contributed by atoms with van der Waals surface area (Å²) in [6.45, 7) is 0. The number of carbonyl (C=O) groups excluding carboxylic acids is 3. The van der Waals surface area contributed by atoms with Gasteiger partial charge in [0.2, 0.25) is 5.78 Å². The Morgan fingerprint density at radius 2 is 1.87 bits per heavy atom. The van der Waals surface area contributed by atoms with E-state index in [2.05, 4.69) is 16.8 Å². The van der Waals surface area contributed by atoms with Crippen molar-refractivity contribution >= 4 is 17.5 Å². The number of ketones is 2. The van der Waals surface area contributed by atoms with Gasteiger partial charge in [0.1, 0.15) is 28.5 Å². The molecule has 0 saturated heterocycles. The lowest BCUT2D eigenvalue weighted by Crippen LogP contribution is -2.63. The van der Waals surface area contributed by atoms with Gasteiger partial charge in [0, 0.05) is 23.3 Å². The number of nitrogens with two attached hydrogens (primary N) is 1. The topological polar surface area (TPSA) is 174 Å². The number of allylic oxidation sites excluding steroid dienone is 1. The zero-order valence-corrected chi connectivity index (χ0v) is 20.6. The van der Waals surface area contributed by atoms with Gasteiger partial charge in [0.25, 0.3) is 5.91 Å². The normalized spacial score (nSPS) is 26.4. The van der Waals surface area contributed by atoms with Gasteiger partial charge in [0.15, 0.2) is 11.4 Å². The van der Waals surface area contributed by atoms with E-state index in [0.717, 1.165) is 0 Å². The number of amides is 1. The molecule has 1 aromatic carbocycles. The molecule has 6 N–H and O–H groups in total. The SMILES string of the molecule is CN(C)[C@@H]1C(O)=C(C(N)=O)C(=O)[C@@]2(O)C(O)=C3C(=O)c4c(O)ccc(C#Cc5ccccn5)c4C[C@H]3C[C@@H]12. The standard InChI is InChI=1S/C28H25N3O7/c1-31(2)22-17-12-14-11-16-13(6-8-15-5-3-4-10-30-15)7-9-18(32)20(16)23(33)19(14)25(35)28(17,38)26(36)21(24(22)34)27(29)37/h3-5,7,9-10,14,17,22,32,34-35,38H,11-12H2,1-2H3,(H2,29,37)/t14-,17-,22-,28-/m0/s1. The van der Waals surface area contributed by atoms with Crippen LogP contribution in [0.3, 0.4) is 0 Å². The van der Waals surface area contributed by atoms with Gasteiger partial charge in [-0.05, 0) is 68.6 Å². The van der Waals surface area contributed by atoms with Crippen molar-refractivity contribution in [2.24, 2.45) is 17.6 Å². The Hall–Kier alpha value is -4.46. The Morgan fingerprint density at radius 3 is 2.50 bits per heavy atom. The van der Waals surface area contributed by atoms with Crippen molar-refractivity contribution in [3.05, 3.63) is 81.6 Å². The molecule has 1 amide bonds. The minimum absolute atomic E-state index is 0.00846. The van der Waals surface area contributed by atoms with E-state index in [9.17, 15) is 34.8 Å². The summed E-state index contributed by atoms with van der Waals surface area (Å²) in [6, 6.07) is 7.13. The van der Waals surface area contributed by atoms with Crippen LogP contribution in [0.25, 0.3) is 0 Å². The Kier molecular flexibility index (Phi) is 5.86. The van der Waals surface area contributed by atoms with E-state index in [1.807, 2.05) is 0 Å². The number of aromatic nitrogens is 1. The smallest absolute Gasteiger partial charge is 0.255 e. The third-order valence-electron chi connectivity index (χ3n) is 7.60. The summed E-state index contributed by atoms with van der Waals surface area (Å²) in [5.74, 6) is -0.957. The van der Waals surface area contributed by atoms with Gasteiger partial charge in [-0.1, -0.05) is 12.0 Å². The van der Waals surface area contributed by atoms with E-state index >= 15 is 0 Å². The molecule has 0 radical (unpaired) electrons. The summed E-state index contributed by atoms with van der Waals surface area (Å²) in [6.07, 6.45) is 1.77. The highest BCUT2D eigenvalue weighted by molar-refractivity contribution is 6.24. The van der Waals surface area contributed by atoms with Crippen LogP contribution in [-0.2, 0) is 16.0 Å². The Labute approximate surface area is 217 Å². The molecule has 0 bridgehead atoms. The maximum absolute atomic E-state index is 13.7. The first-order valence-electron chi connectivity index (χ1n) is 11.9. The number of aromatic hydroxyl groups is 1. The van der Waals surface area contributed by atoms with Crippen LogP contribution in [0.5, 0.6) is 5.75 Å². The summed E-state index contributed by atoms with van der Waals surface area (Å²) in [4.78, 5) is 44.8. The number of carbonyl (C=O) groups is 3. The van der Waals surface area contributed by atoms with Crippen LogP contribution >= 0.6 is 0 Å². The van der Waals surface area contributed by atoms with Crippen LogP contribution in [-0.4, -0.2) is 73.5 Å². The van der Waals surface area contributed by atoms with Crippen molar-refractivity contribution in [2.45, 2.75) is 24.5 Å². The van der Waals surface area contributed by atoms with E-state index in [0.29, 0.717) is 16.8 Å². The maximum Gasteiger partial charge on any atom is 0.255 e. The summed E-state index contributed by atoms with van der Waals surface area (Å²) >= 11 is 0. The first-order valence-corrected chi connectivity index (χ1v) is 11.9. The lowest BCUT2D eigenvalue weighted by atomic mass is 9.58. The molecule has 0 unspecified atom stereocenters. The molecule has 10 heteroatoms. The van der Waals surface area contributed by atoms with Gasteiger partial charge in [-0.25, -0.2) is 4.98 Å². The number of likely N-dealkylation sites (N-methyl/N-ethyl adjacent to an activating group) is 1. The molecule has 2 aromatic rings. The van der Waals surface area contributed by atoms with E-state index in [-0.39, 0.29) is 29.7 Å². The number of rotatable bonds is 2. The molecule has 10 nitrogen and oxygen atoms in total. The van der Waals surface area contributed by atoms with Crippen LogP contribution in [0.15, 0.2) is 59.2 Å². The van der Waals surface area contributed by atoms with Gasteiger partial charge in [-0.15, -0.1) is 0 Å². The third kappa shape index (κ3) is 3.51. The first-order chi connectivity index (χ1) is 18.0. The van der Waals surface area contributed by atoms with Crippen LogP contribution in [0.1, 0.15) is 33.6 Å². The average molecular weight is 516 g/mol. The number of aliphatic hydroxyl groups is 3. The summed E-state index contributed by atoms with van der Waals surface area (Å²) < 4.78 is 0. The number of nitrogens with zero attached hydrogens (tertiary/aromatic N) is 2. The molecule has 5 rings (SSSR count). The quantitative estimate of drug-likeness (QED) is 0.288. The predicted molar refractivity (Wildman–Crippen MR) is 134 cm³/mol. The highest BCUT2D eigenvalue weighted by atomic mass is 16.3. The van der Waals surface area contributed by atoms with E-state index in [1.165, 1.54) is 11.0 Å². The lowest BCUT2D eigenvalue weighted by Gasteiger charge is -2.50. The van der Waals surface area contributed by atoms with Crippen molar-refractivity contribution < 1.29 is 34.8 Å². The van der Waals surface area contributed by atoms with Crippen LogP contribution in [0, 0.1) is 23.7 Å². The maximum atomic E-state index is 13.7. The van der Waals surface area contributed by atoms with Crippen molar-refractivity contribution in [3.8, 4) is 17.6 Å². The van der Waals surface area contributed by atoms with Crippen molar-refractivity contribution in [2.75, 3.05) is 14.1 Å². The van der Waals surface area contributed by atoms with Crippen LogP contribution < -0.4 is 5.73 Å². The Balaban J connectivity index is 1.68. The number of fused-ring (bicyclic) bond motifs is 3. The average Bonchev–Trinajstić information content (AvgIpc) is 2.86. The minimum atomic E-state index is -2.67. The summed E-state index contributed by atoms with van der Waals surface area (Å²) in [7, 11) is 3.16. The lowest BCUT2D eigenvalue weighted by molar-refractivity contribution is -0.148. The number of benzene rings is 1. The molecule has 38 heavy (non-hydrogen) atoms. The van der Waals surface area contributed by atoms with Crippen LogP contribution in [0.2, 0.25) is 0 Å². The Morgan fingerprint density at radius 1 is 1.13 bits per heavy atom. The van der Waals surface area contributed by atoms with Gasteiger partial charge in [-0.3, -0.25) is 19.3 Å². The number of phenolic OH excluding ortho intramolecular Hbond substituents is 1. The number of hydrogen-bond acceptors (Lipinski definition) is 9. The molecule has 4 atom stereocenters. The van der Waals surface area contributed by atoms with Crippen LogP contribution in [0.4, 0.5) is 0 Å². The second-order valence-electron chi connectivity index (χ2n) is 9.91. The number of hydrogen-bond donors (Lipinski definition) is 5. The zero-order valence-electron chi connectivity index (χ0n) is 20.6. The number of pyridine rings is 1. The van der Waals surface area contributed by atoms with E-state index in [1.54, 1.807) is 44.6 Å². The largest absolute Gasteiger partial charge is 0.510 e. The minimum Gasteiger partial charge on any atom is -0.510 e. The molecular weight excluding hydrogens is 490 g/mol. The molecule has 0 fully saturated rings. The first kappa shape index (κ1) is 25.2.